The van der Waals surface area contributed by atoms with Crippen LogP contribution in [0.5, 0.6) is 0 Å². The molecule has 0 amide bonds. The van der Waals surface area contributed by atoms with E-state index in [2.05, 4.69) is 23.8 Å². The Morgan fingerprint density at radius 1 is 1.56 bits per heavy atom. The lowest BCUT2D eigenvalue weighted by Crippen LogP contribution is -2.37. The summed E-state index contributed by atoms with van der Waals surface area (Å²) in [5, 5.41) is 4.46. The molecular weight excluding hydrogens is 214 g/mol. The summed E-state index contributed by atoms with van der Waals surface area (Å²) < 4.78 is 0. The van der Waals surface area contributed by atoms with Crippen LogP contribution in [0.1, 0.15) is 44.6 Å². The van der Waals surface area contributed by atoms with Crippen LogP contribution in [0.4, 0.5) is 0 Å². The van der Waals surface area contributed by atoms with Gasteiger partial charge in [0.25, 0.3) is 0 Å². The highest BCUT2D eigenvalue weighted by atomic mass is 32.1. The Bertz CT molecular complexity index is 307. The SMILES string of the molecule is CCC1CCCC(CN)(Cc2ccsc2)C1. The molecule has 2 heteroatoms. The largest absolute Gasteiger partial charge is 0.330 e. The highest BCUT2D eigenvalue weighted by Crippen LogP contribution is 2.42. The molecule has 16 heavy (non-hydrogen) atoms. The molecule has 2 unspecified atom stereocenters. The molecule has 0 saturated heterocycles. The minimum Gasteiger partial charge on any atom is -0.330 e. The summed E-state index contributed by atoms with van der Waals surface area (Å²) >= 11 is 1.80. The lowest BCUT2D eigenvalue weighted by Gasteiger charge is -2.40. The molecule has 1 aromatic rings. The summed E-state index contributed by atoms with van der Waals surface area (Å²) in [5.74, 6) is 0.913. The smallest absolute Gasteiger partial charge is 0.00172 e. The minimum absolute atomic E-state index is 0.403. The van der Waals surface area contributed by atoms with Gasteiger partial charge in [-0.2, -0.15) is 11.3 Å². The zero-order valence-electron chi connectivity index (χ0n) is 10.2. The molecule has 1 heterocycles. The Morgan fingerprint density at radius 3 is 3.06 bits per heavy atom. The Hall–Kier alpha value is -0.340. The van der Waals surface area contributed by atoms with Crippen molar-refractivity contribution < 1.29 is 0 Å². The van der Waals surface area contributed by atoms with Gasteiger partial charge in [-0.3, -0.25) is 0 Å². The predicted octanol–water partition coefficient (Wildman–Crippen LogP) is 3.84. The zero-order valence-corrected chi connectivity index (χ0v) is 11.1. The maximum Gasteiger partial charge on any atom is -0.00172 e. The summed E-state index contributed by atoms with van der Waals surface area (Å²) in [4.78, 5) is 0. The molecule has 2 rings (SSSR count). The molecule has 0 spiro atoms. The van der Waals surface area contributed by atoms with Crippen LogP contribution in [0.15, 0.2) is 16.8 Å². The average molecular weight is 237 g/mol. The van der Waals surface area contributed by atoms with E-state index in [0.717, 1.165) is 12.5 Å². The number of hydrogen-bond acceptors (Lipinski definition) is 2. The van der Waals surface area contributed by atoms with E-state index in [1.54, 1.807) is 11.3 Å². The van der Waals surface area contributed by atoms with Crippen molar-refractivity contribution in [2.24, 2.45) is 17.1 Å². The number of rotatable bonds is 4. The van der Waals surface area contributed by atoms with E-state index in [9.17, 15) is 0 Å². The molecule has 2 N–H and O–H groups in total. The third-order valence-corrected chi connectivity index (χ3v) is 4.94. The molecule has 1 fully saturated rings. The van der Waals surface area contributed by atoms with Crippen molar-refractivity contribution in [2.75, 3.05) is 6.54 Å². The van der Waals surface area contributed by atoms with E-state index in [-0.39, 0.29) is 0 Å². The second kappa shape index (κ2) is 5.33. The van der Waals surface area contributed by atoms with E-state index >= 15 is 0 Å². The molecule has 1 nitrogen and oxygen atoms in total. The van der Waals surface area contributed by atoms with Gasteiger partial charge in [-0.15, -0.1) is 0 Å². The van der Waals surface area contributed by atoms with Gasteiger partial charge in [-0.05, 0) is 59.5 Å². The number of thiophene rings is 1. The molecule has 90 valence electrons. The monoisotopic (exact) mass is 237 g/mol. The molecule has 0 aliphatic heterocycles. The summed E-state index contributed by atoms with van der Waals surface area (Å²) in [6, 6.07) is 2.26. The average Bonchev–Trinajstić information content (AvgIpc) is 2.82. The highest BCUT2D eigenvalue weighted by molar-refractivity contribution is 7.07. The molecule has 1 aliphatic carbocycles. The van der Waals surface area contributed by atoms with Gasteiger partial charge in [0.15, 0.2) is 0 Å². The molecule has 1 aromatic heterocycles. The first-order chi connectivity index (χ1) is 7.78. The van der Waals surface area contributed by atoms with E-state index in [0.29, 0.717) is 5.41 Å². The van der Waals surface area contributed by atoms with Crippen LogP contribution >= 0.6 is 11.3 Å². The summed E-state index contributed by atoms with van der Waals surface area (Å²) in [6.07, 6.45) is 7.99. The molecule has 0 aromatic carbocycles. The second-order valence-electron chi connectivity index (χ2n) is 5.38. The van der Waals surface area contributed by atoms with Crippen molar-refractivity contribution in [3.8, 4) is 0 Å². The van der Waals surface area contributed by atoms with E-state index < -0.39 is 0 Å². The van der Waals surface area contributed by atoms with Crippen molar-refractivity contribution in [3.63, 3.8) is 0 Å². The maximum atomic E-state index is 6.08. The molecule has 1 saturated carbocycles. The lowest BCUT2D eigenvalue weighted by molar-refractivity contribution is 0.142. The third kappa shape index (κ3) is 2.67. The zero-order chi connectivity index (χ0) is 11.4. The van der Waals surface area contributed by atoms with Crippen molar-refractivity contribution in [1.82, 2.24) is 0 Å². The molecular formula is C14H23NS. The third-order valence-electron chi connectivity index (χ3n) is 4.21. The van der Waals surface area contributed by atoms with E-state index in [4.69, 9.17) is 5.73 Å². The number of hydrogen-bond donors (Lipinski definition) is 1. The van der Waals surface area contributed by atoms with Gasteiger partial charge >= 0.3 is 0 Å². The van der Waals surface area contributed by atoms with Gasteiger partial charge in [-0.1, -0.05) is 26.2 Å². The molecule has 0 bridgehead atoms. The van der Waals surface area contributed by atoms with Crippen LogP contribution in [0, 0.1) is 11.3 Å². The van der Waals surface area contributed by atoms with Crippen molar-refractivity contribution in [2.45, 2.75) is 45.4 Å². The normalized spacial score (nSPS) is 30.5. The highest BCUT2D eigenvalue weighted by Gasteiger charge is 2.34. The van der Waals surface area contributed by atoms with Gasteiger partial charge in [0.05, 0.1) is 0 Å². The Kier molecular flexibility index (Phi) is 4.04. The first-order valence-corrected chi connectivity index (χ1v) is 7.43. The second-order valence-corrected chi connectivity index (χ2v) is 6.16. The van der Waals surface area contributed by atoms with Crippen LogP contribution in [0.25, 0.3) is 0 Å². The van der Waals surface area contributed by atoms with Crippen LogP contribution in [-0.2, 0) is 6.42 Å². The lowest BCUT2D eigenvalue weighted by atomic mass is 9.66. The first kappa shape index (κ1) is 12.1. The van der Waals surface area contributed by atoms with Gasteiger partial charge < -0.3 is 5.73 Å². The maximum absolute atomic E-state index is 6.08. The molecule has 2 atom stereocenters. The Morgan fingerprint density at radius 2 is 2.44 bits per heavy atom. The van der Waals surface area contributed by atoms with Crippen molar-refractivity contribution in [3.05, 3.63) is 22.4 Å². The van der Waals surface area contributed by atoms with Gasteiger partial charge in [-0.25, -0.2) is 0 Å². The Labute approximate surface area is 103 Å². The minimum atomic E-state index is 0.403. The fourth-order valence-electron chi connectivity index (χ4n) is 3.18. The fraction of sp³-hybridized carbons (Fsp3) is 0.714. The Balaban J connectivity index is 2.06. The summed E-state index contributed by atoms with van der Waals surface area (Å²) in [7, 11) is 0. The number of nitrogens with two attached hydrogens (primary N) is 1. The predicted molar refractivity (Wildman–Crippen MR) is 71.8 cm³/mol. The standard InChI is InChI=1S/C14H23NS/c1-2-12-4-3-6-14(8-12,11-15)9-13-5-7-16-10-13/h5,7,10,12H,2-4,6,8-9,11,15H2,1H3. The molecule has 1 aliphatic rings. The summed E-state index contributed by atoms with van der Waals surface area (Å²) in [5.41, 5.74) is 7.97. The van der Waals surface area contributed by atoms with Crippen molar-refractivity contribution in [1.29, 1.82) is 0 Å². The molecule has 0 radical (unpaired) electrons. The van der Waals surface area contributed by atoms with Crippen LogP contribution < -0.4 is 5.73 Å². The fourth-order valence-corrected chi connectivity index (χ4v) is 3.84. The van der Waals surface area contributed by atoms with Gasteiger partial charge in [0, 0.05) is 0 Å². The van der Waals surface area contributed by atoms with Crippen LogP contribution in [-0.4, -0.2) is 6.54 Å². The van der Waals surface area contributed by atoms with Crippen LogP contribution in [0.3, 0.4) is 0 Å². The first-order valence-electron chi connectivity index (χ1n) is 6.49. The van der Waals surface area contributed by atoms with Gasteiger partial charge in [0.2, 0.25) is 0 Å². The van der Waals surface area contributed by atoms with E-state index in [1.165, 1.54) is 44.1 Å². The quantitative estimate of drug-likeness (QED) is 0.846. The van der Waals surface area contributed by atoms with Crippen LogP contribution in [0.2, 0.25) is 0 Å². The summed E-state index contributed by atoms with van der Waals surface area (Å²) in [6.45, 7) is 3.18. The van der Waals surface area contributed by atoms with Gasteiger partial charge in [0.1, 0.15) is 0 Å². The van der Waals surface area contributed by atoms with E-state index in [1.807, 2.05) is 0 Å². The van der Waals surface area contributed by atoms with Crippen molar-refractivity contribution >= 4 is 11.3 Å². The topological polar surface area (TPSA) is 26.0 Å².